The lowest BCUT2D eigenvalue weighted by Crippen LogP contribution is -2.38. The number of carbonyl (C=O) groups excluding carboxylic acids is 2. The van der Waals surface area contributed by atoms with Gasteiger partial charge in [0.25, 0.3) is 5.91 Å². The molecule has 148 valence electrons. The lowest BCUT2D eigenvalue weighted by Gasteiger charge is -2.30. The number of nitrogens with zero attached hydrogens (tertiary/aromatic N) is 1. The molecule has 8 heteroatoms. The number of carbonyl (C=O) groups is 2. The molecule has 2 aromatic rings. The summed E-state index contributed by atoms with van der Waals surface area (Å²) in [6, 6.07) is 6.65. The highest BCUT2D eigenvalue weighted by molar-refractivity contribution is 9.10. The number of methoxy groups -OCH3 is 3. The minimum atomic E-state index is -0.281. The molecule has 0 saturated heterocycles. The number of fused-ring (bicyclic) bond motifs is 1. The van der Waals surface area contributed by atoms with Gasteiger partial charge in [-0.1, -0.05) is 0 Å². The molecule has 0 aromatic heterocycles. The van der Waals surface area contributed by atoms with Gasteiger partial charge in [0.05, 0.1) is 43.6 Å². The monoisotopic (exact) mass is 449 g/mol. The molecule has 0 bridgehead atoms. The molecule has 0 aliphatic carbocycles. The first-order valence-electron chi connectivity index (χ1n) is 8.51. The topological polar surface area (TPSA) is 74.3 Å². The van der Waals surface area contributed by atoms with Gasteiger partial charge in [-0.05, 0) is 47.1 Å². The number of anilines is 1. The first kappa shape index (κ1) is 20.0. The Morgan fingerprint density at radius 2 is 1.79 bits per heavy atom. The molecular formula is C20H20BrNO6. The summed E-state index contributed by atoms with van der Waals surface area (Å²) in [5, 5.41) is 0. The van der Waals surface area contributed by atoms with Crippen LogP contribution >= 0.6 is 15.9 Å². The van der Waals surface area contributed by atoms with Crippen LogP contribution < -0.4 is 23.8 Å². The predicted molar refractivity (Wildman–Crippen MR) is 107 cm³/mol. The van der Waals surface area contributed by atoms with Crippen LogP contribution in [0, 0.1) is 0 Å². The second-order valence-electron chi connectivity index (χ2n) is 6.05. The molecule has 0 spiro atoms. The van der Waals surface area contributed by atoms with Crippen LogP contribution in [0.3, 0.4) is 0 Å². The maximum Gasteiger partial charge on any atom is 0.259 e. The van der Waals surface area contributed by atoms with E-state index in [0.29, 0.717) is 57.4 Å². The minimum Gasteiger partial charge on any atom is -0.493 e. The van der Waals surface area contributed by atoms with E-state index < -0.39 is 0 Å². The van der Waals surface area contributed by atoms with Crippen LogP contribution in [0.15, 0.2) is 28.7 Å². The molecule has 1 aliphatic heterocycles. The van der Waals surface area contributed by atoms with Crippen molar-refractivity contribution < 1.29 is 28.5 Å². The molecule has 1 amide bonds. The van der Waals surface area contributed by atoms with Crippen LogP contribution in [0.25, 0.3) is 0 Å². The molecule has 0 unspecified atom stereocenters. The summed E-state index contributed by atoms with van der Waals surface area (Å²) in [7, 11) is 4.47. The Kier molecular flexibility index (Phi) is 5.79. The lowest BCUT2D eigenvalue weighted by molar-refractivity contribution is 0.0971. The third kappa shape index (κ3) is 3.40. The first-order valence-corrected chi connectivity index (χ1v) is 9.30. The maximum atomic E-state index is 13.4. The van der Waals surface area contributed by atoms with Crippen molar-refractivity contribution in [1.29, 1.82) is 0 Å². The van der Waals surface area contributed by atoms with Crippen LogP contribution in [0.2, 0.25) is 0 Å². The van der Waals surface area contributed by atoms with Crippen LogP contribution in [-0.4, -0.2) is 46.2 Å². The number of rotatable bonds is 5. The number of hydrogen-bond acceptors (Lipinski definition) is 6. The van der Waals surface area contributed by atoms with Gasteiger partial charge in [-0.15, -0.1) is 0 Å². The molecule has 0 N–H and O–H groups in total. The third-order valence-electron chi connectivity index (χ3n) is 4.47. The van der Waals surface area contributed by atoms with Gasteiger partial charge in [0.15, 0.2) is 17.3 Å². The van der Waals surface area contributed by atoms with Gasteiger partial charge in [-0.2, -0.15) is 0 Å². The quantitative estimate of drug-likeness (QED) is 0.647. The maximum absolute atomic E-state index is 13.4. The number of hydrogen-bond donors (Lipinski definition) is 0. The van der Waals surface area contributed by atoms with Crippen molar-refractivity contribution in [3.63, 3.8) is 0 Å². The van der Waals surface area contributed by atoms with E-state index in [4.69, 9.17) is 18.9 Å². The van der Waals surface area contributed by atoms with Gasteiger partial charge in [0.2, 0.25) is 5.75 Å². The van der Waals surface area contributed by atoms with E-state index in [2.05, 4.69) is 15.9 Å². The van der Waals surface area contributed by atoms with Crippen molar-refractivity contribution in [3.05, 3.63) is 39.9 Å². The summed E-state index contributed by atoms with van der Waals surface area (Å²) < 4.78 is 22.2. The fourth-order valence-corrected chi connectivity index (χ4v) is 3.70. The molecule has 1 aliphatic rings. The molecule has 28 heavy (non-hydrogen) atoms. The Hall–Kier alpha value is -2.74. The van der Waals surface area contributed by atoms with Crippen molar-refractivity contribution in [1.82, 2.24) is 0 Å². The number of ether oxygens (including phenoxy) is 4. The van der Waals surface area contributed by atoms with E-state index in [1.807, 2.05) is 0 Å². The van der Waals surface area contributed by atoms with Gasteiger partial charge < -0.3 is 23.8 Å². The van der Waals surface area contributed by atoms with E-state index in [1.165, 1.54) is 28.3 Å². The normalized spacial score (nSPS) is 12.7. The first-order chi connectivity index (χ1) is 13.4. The molecule has 7 nitrogen and oxygen atoms in total. The second-order valence-corrected chi connectivity index (χ2v) is 6.84. The van der Waals surface area contributed by atoms with Gasteiger partial charge in [0, 0.05) is 5.56 Å². The van der Waals surface area contributed by atoms with Gasteiger partial charge in [-0.25, -0.2) is 0 Å². The highest BCUT2D eigenvalue weighted by Gasteiger charge is 2.30. The number of benzene rings is 2. The van der Waals surface area contributed by atoms with Crippen LogP contribution in [0.5, 0.6) is 23.0 Å². The summed E-state index contributed by atoms with van der Waals surface area (Å²) in [5.74, 6) is 1.29. The van der Waals surface area contributed by atoms with Crippen molar-refractivity contribution in [2.45, 2.75) is 6.92 Å². The Morgan fingerprint density at radius 3 is 2.39 bits per heavy atom. The predicted octanol–water partition coefficient (Wildman–Crippen LogP) is 3.72. The summed E-state index contributed by atoms with van der Waals surface area (Å²) in [6.45, 7) is 2.17. The fraction of sp³-hybridized carbons (Fsp3) is 0.300. The zero-order valence-electron chi connectivity index (χ0n) is 16.0. The average molecular weight is 450 g/mol. The van der Waals surface area contributed by atoms with Gasteiger partial charge in [0.1, 0.15) is 12.4 Å². The molecule has 1 heterocycles. The smallest absolute Gasteiger partial charge is 0.259 e. The van der Waals surface area contributed by atoms with Gasteiger partial charge in [-0.3, -0.25) is 9.59 Å². The zero-order chi connectivity index (χ0) is 20.4. The lowest BCUT2D eigenvalue weighted by atomic mass is 10.1. The van der Waals surface area contributed by atoms with Crippen molar-refractivity contribution in [2.24, 2.45) is 0 Å². The van der Waals surface area contributed by atoms with E-state index in [1.54, 1.807) is 29.2 Å². The largest absolute Gasteiger partial charge is 0.493 e. The molecule has 0 radical (unpaired) electrons. The summed E-state index contributed by atoms with van der Waals surface area (Å²) in [5.41, 5.74) is 1.39. The summed E-state index contributed by atoms with van der Waals surface area (Å²) >= 11 is 3.45. The van der Waals surface area contributed by atoms with Crippen LogP contribution in [0.4, 0.5) is 5.69 Å². The summed E-state index contributed by atoms with van der Waals surface area (Å²) in [4.78, 5) is 26.8. The van der Waals surface area contributed by atoms with E-state index in [9.17, 15) is 9.59 Å². The Bertz CT molecular complexity index is 943. The number of amides is 1. The molecule has 0 saturated carbocycles. The highest BCUT2D eigenvalue weighted by Crippen LogP contribution is 2.45. The molecule has 0 atom stereocenters. The van der Waals surface area contributed by atoms with Crippen molar-refractivity contribution >= 4 is 33.3 Å². The van der Waals surface area contributed by atoms with E-state index >= 15 is 0 Å². The summed E-state index contributed by atoms with van der Waals surface area (Å²) in [6.07, 6.45) is 0. The zero-order valence-corrected chi connectivity index (χ0v) is 17.6. The van der Waals surface area contributed by atoms with Crippen LogP contribution in [-0.2, 0) is 0 Å². The molecular weight excluding hydrogens is 430 g/mol. The van der Waals surface area contributed by atoms with Crippen molar-refractivity contribution in [3.8, 4) is 23.0 Å². The minimum absolute atomic E-state index is 0.0882. The SMILES string of the molecule is COc1cc(C(=O)N2CCOc3ccc(C(C)=O)cc32)c(Br)c(OC)c1OC. The molecule has 2 aromatic carbocycles. The Morgan fingerprint density at radius 1 is 1.07 bits per heavy atom. The van der Waals surface area contributed by atoms with Crippen molar-refractivity contribution in [2.75, 3.05) is 39.4 Å². The fourth-order valence-electron chi connectivity index (χ4n) is 3.07. The molecule has 3 rings (SSSR count). The highest BCUT2D eigenvalue weighted by atomic mass is 79.9. The average Bonchev–Trinajstić information content (AvgIpc) is 2.71. The Balaban J connectivity index is 2.12. The second kappa shape index (κ2) is 8.10. The number of Topliss-reactive ketones (excluding diaryl/α,β-unsaturated/α-hetero) is 1. The van der Waals surface area contributed by atoms with Crippen LogP contribution in [0.1, 0.15) is 27.6 Å². The van der Waals surface area contributed by atoms with Gasteiger partial charge >= 0.3 is 0 Å². The van der Waals surface area contributed by atoms with E-state index in [0.717, 1.165) is 0 Å². The standard InChI is InChI=1S/C20H20BrNO6/c1-11(23)12-5-6-15-14(9-12)22(7-8-28-15)20(24)13-10-16(25-2)18(26-3)19(27-4)17(13)21/h5-6,9-10H,7-8H2,1-4H3. The Labute approximate surface area is 171 Å². The number of halogens is 1. The van der Waals surface area contributed by atoms with E-state index in [-0.39, 0.29) is 11.7 Å². The number of ketones is 1. The third-order valence-corrected chi connectivity index (χ3v) is 5.26. The molecule has 0 fully saturated rings.